The Labute approximate surface area is 115 Å². The molecule has 0 aliphatic rings. The molecule has 0 aliphatic carbocycles. The third-order valence-corrected chi connectivity index (χ3v) is 2.85. The number of aromatic nitrogens is 2. The van der Waals surface area contributed by atoms with Crippen LogP contribution in [0.4, 0.5) is 16.2 Å². The molecule has 0 amide bonds. The van der Waals surface area contributed by atoms with Crippen LogP contribution in [0.25, 0.3) is 0 Å². The molecule has 0 fully saturated rings. The van der Waals surface area contributed by atoms with E-state index in [2.05, 4.69) is 20.7 Å². The average Bonchev–Trinajstić information content (AvgIpc) is 2.42. The zero-order chi connectivity index (χ0) is 13.8. The van der Waals surface area contributed by atoms with Crippen molar-refractivity contribution in [2.24, 2.45) is 5.84 Å². The van der Waals surface area contributed by atoms with Gasteiger partial charge in [0.2, 0.25) is 5.95 Å². The summed E-state index contributed by atoms with van der Waals surface area (Å²) in [6.45, 7) is 1.89. The van der Waals surface area contributed by atoms with Crippen LogP contribution >= 0.6 is 11.6 Å². The van der Waals surface area contributed by atoms with Gasteiger partial charge in [-0.05, 0) is 24.6 Å². The lowest BCUT2D eigenvalue weighted by Gasteiger charge is -2.15. The normalized spacial score (nSPS) is 12.0. The molecule has 1 aromatic heterocycles. The predicted molar refractivity (Wildman–Crippen MR) is 73.3 cm³/mol. The summed E-state index contributed by atoms with van der Waals surface area (Å²) in [6, 6.07) is 7.14. The fourth-order valence-corrected chi connectivity index (χ4v) is 1.70. The highest BCUT2D eigenvalue weighted by Crippen LogP contribution is 2.21. The first kappa shape index (κ1) is 13.5. The SMILES string of the molecule is CC(Nc1nc(NN)ncc1F)c1ccc(Cl)cc1. The smallest absolute Gasteiger partial charge is 0.239 e. The van der Waals surface area contributed by atoms with Crippen LogP contribution in [0, 0.1) is 5.82 Å². The molecular formula is C12H13ClFN5. The van der Waals surface area contributed by atoms with Crippen molar-refractivity contribution < 1.29 is 4.39 Å². The Morgan fingerprint density at radius 1 is 1.32 bits per heavy atom. The van der Waals surface area contributed by atoms with Gasteiger partial charge in [-0.25, -0.2) is 15.2 Å². The first-order valence-electron chi connectivity index (χ1n) is 5.61. The van der Waals surface area contributed by atoms with Crippen LogP contribution in [0.1, 0.15) is 18.5 Å². The number of nitrogens with one attached hydrogen (secondary N) is 2. The predicted octanol–water partition coefficient (Wildman–Crippen LogP) is 2.73. The number of benzene rings is 1. The van der Waals surface area contributed by atoms with E-state index in [1.165, 1.54) is 0 Å². The van der Waals surface area contributed by atoms with E-state index in [0.717, 1.165) is 11.8 Å². The fourth-order valence-electron chi connectivity index (χ4n) is 1.58. The molecule has 1 atom stereocenters. The van der Waals surface area contributed by atoms with Gasteiger partial charge in [0.25, 0.3) is 0 Å². The Morgan fingerprint density at radius 3 is 2.63 bits per heavy atom. The maximum Gasteiger partial charge on any atom is 0.239 e. The molecule has 0 saturated carbocycles. The van der Waals surface area contributed by atoms with Crippen molar-refractivity contribution in [2.45, 2.75) is 13.0 Å². The fraction of sp³-hybridized carbons (Fsp3) is 0.167. The van der Waals surface area contributed by atoms with E-state index in [1.54, 1.807) is 12.1 Å². The number of hydrogen-bond donors (Lipinski definition) is 3. The number of nitrogen functional groups attached to an aromatic ring is 1. The van der Waals surface area contributed by atoms with E-state index in [4.69, 9.17) is 17.4 Å². The minimum absolute atomic E-state index is 0.0883. The lowest BCUT2D eigenvalue weighted by atomic mass is 10.1. The van der Waals surface area contributed by atoms with Crippen molar-refractivity contribution in [1.82, 2.24) is 9.97 Å². The van der Waals surface area contributed by atoms with Gasteiger partial charge in [-0.2, -0.15) is 4.98 Å². The van der Waals surface area contributed by atoms with E-state index in [1.807, 2.05) is 19.1 Å². The van der Waals surface area contributed by atoms with Gasteiger partial charge in [0.05, 0.1) is 12.2 Å². The van der Waals surface area contributed by atoms with Crippen molar-refractivity contribution in [3.8, 4) is 0 Å². The maximum atomic E-state index is 13.6. The third-order valence-electron chi connectivity index (χ3n) is 2.60. The molecule has 4 N–H and O–H groups in total. The molecule has 2 aromatic rings. The summed E-state index contributed by atoms with van der Waals surface area (Å²) in [5.74, 6) is 4.88. The molecular weight excluding hydrogens is 269 g/mol. The van der Waals surface area contributed by atoms with Crippen molar-refractivity contribution in [3.05, 3.63) is 46.9 Å². The lowest BCUT2D eigenvalue weighted by Crippen LogP contribution is -2.14. The summed E-state index contributed by atoms with van der Waals surface area (Å²) in [6.07, 6.45) is 1.05. The molecule has 7 heteroatoms. The van der Waals surface area contributed by atoms with E-state index in [9.17, 15) is 4.39 Å². The van der Waals surface area contributed by atoms with Crippen LogP contribution in [0.3, 0.4) is 0 Å². The molecule has 100 valence electrons. The quantitative estimate of drug-likeness (QED) is 0.593. The zero-order valence-electron chi connectivity index (χ0n) is 10.2. The molecule has 1 heterocycles. The average molecular weight is 282 g/mol. The van der Waals surface area contributed by atoms with Crippen molar-refractivity contribution in [3.63, 3.8) is 0 Å². The Hall–Kier alpha value is -1.92. The molecule has 0 spiro atoms. The number of nitrogens with zero attached hydrogens (tertiary/aromatic N) is 2. The Morgan fingerprint density at radius 2 is 2.00 bits per heavy atom. The van der Waals surface area contributed by atoms with Gasteiger partial charge in [-0.3, -0.25) is 5.43 Å². The summed E-state index contributed by atoms with van der Waals surface area (Å²) < 4.78 is 13.6. The number of hydrogen-bond acceptors (Lipinski definition) is 5. The van der Waals surface area contributed by atoms with E-state index < -0.39 is 5.82 Å². The molecule has 0 bridgehead atoms. The first-order chi connectivity index (χ1) is 9.10. The van der Waals surface area contributed by atoms with Crippen LogP contribution in [-0.4, -0.2) is 9.97 Å². The van der Waals surface area contributed by atoms with Gasteiger partial charge in [-0.15, -0.1) is 0 Å². The second kappa shape index (κ2) is 5.81. The number of halogens is 2. The van der Waals surface area contributed by atoms with E-state index in [0.29, 0.717) is 5.02 Å². The molecule has 5 nitrogen and oxygen atoms in total. The minimum Gasteiger partial charge on any atom is -0.361 e. The molecule has 0 radical (unpaired) electrons. The minimum atomic E-state index is -0.542. The Bertz CT molecular complexity index is 561. The second-order valence-electron chi connectivity index (χ2n) is 3.95. The van der Waals surface area contributed by atoms with E-state index >= 15 is 0 Å². The van der Waals surface area contributed by atoms with Crippen molar-refractivity contribution in [2.75, 3.05) is 10.7 Å². The molecule has 0 aliphatic heterocycles. The largest absolute Gasteiger partial charge is 0.361 e. The monoisotopic (exact) mass is 281 g/mol. The van der Waals surface area contributed by atoms with Crippen LogP contribution in [0.15, 0.2) is 30.5 Å². The molecule has 1 unspecified atom stereocenters. The summed E-state index contributed by atoms with van der Waals surface area (Å²) in [4.78, 5) is 7.58. The van der Waals surface area contributed by atoms with Crippen LogP contribution in [0.5, 0.6) is 0 Å². The van der Waals surface area contributed by atoms with Gasteiger partial charge in [0, 0.05) is 5.02 Å². The van der Waals surface area contributed by atoms with Gasteiger partial charge >= 0.3 is 0 Å². The standard InChI is InChI=1S/C12H13ClFN5/c1-7(8-2-4-9(13)5-3-8)17-11-10(14)6-16-12(18-11)19-15/h2-7H,15H2,1H3,(H2,16,17,18,19). The first-order valence-corrected chi connectivity index (χ1v) is 5.99. The van der Waals surface area contributed by atoms with Gasteiger partial charge in [0.15, 0.2) is 11.6 Å². The summed E-state index contributed by atoms with van der Waals surface area (Å²) >= 11 is 5.82. The Balaban J connectivity index is 2.18. The van der Waals surface area contributed by atoms with Crippen molar-refractivity contribution in [1.29, 1.82) is 0 Å². The van der Waals surface area contributed by atoms with Gasteiger partial charge in [-0.1, -0.05) is 23.7 Å². The summed E-state index contributed by atoms with van der Waals surface area (Å²) in [7, 11) is 0. The molecule has 1 aromatic carbocycles. The lowest BCUT2D eigenvalue weighted by molar-refractivity contribution is 0.614. The van der Waals surface area contributed by atoms with Crippen LogP contribution in [-0.2, 0) is 0 Å². The van der Waals surface area contributed by atoms with Crippen LogP contribution in [0.2, 0.25) is 5.02 Å². The number of nitrogens with two attached hydrogens (primary N) is 1. The number of rotatable bonds is 4. The third kappa shape index (κ3) is 3.30. The topological polar surface area (TPSA) is 75.9 Å². The highest BCUT2D eigenvalue weighted by Gasteiger charge is 2.11. The molecule has 0 saturated heterocycles. The highest BCUT2D eigenvalue weighted by atomic mass is 35.5. The van der Waals surface area contributed by atoms with E-state index in [-0.39, 0.29) is 17.8 Å². The summed E-state index contributed by atoms with van der Waals surface area (Å²) in [5.41, 5.74) is 3.23. The Kier molecular flexibility index (Phi) is 4.13. The molecule has 19 heavy (non-hydrogen) atoms. The number of hydrazine groups is 1. The maximum absolute atomic E-state index is 13.6. The van der Waals surface area contributed by atoms with Gasteiger partial charge < -0.3 is 5.32 Å². The highest BCUT2D eigenvalue weighted by molar-refractivity contribution is 6.30. The molecule has 2 rings (SSSR count). The number of anilines is 2. The second-order valence-corrected chi connectivity index (χ2v) is 4.39. The summed E-state index contributed by atoms with van der Waals surface area (Å²) in [5, 5.41) is 3.61. The van der Waals surface area contributed by atoms with Gasteiger partial charge in [0.1, 0.15) is 0 Å². The zero-order valence-corrected chi connectivity index (χ0v) is 10.9. The van der Waals surface area contributed by atoms with Crippen LogP contribution < -0.4 is 16.6 Å². The van der Waals surface area contributed by atoms with Crippen molar-refractivity contribution >= 4 is 23.4 Å².